The smallest absolute Gasteiger partial charge is 0.253 e. The molecule has 1 fully saturated rings. The maximum absolute atomic E-state index is 12.7. The van der Waals surface area contributed by atoms with Crippen LogP contribution in [0.4, 0.5) is 11.4 Å². The Morgan fingerprint density at radius 1 is 0.967 bits per heavy atom. The zero-order valence-electron chi connectivity index (χ0n) is 17.7. The third kappa shape index (κ3) is 6.51. The Morgan fingerprint density at radius 3 is 2.40 bits per heavy atom. The maximum atomic E-state index is 12.7. The first-order chi connectivity index (χ1) is 14.7. The highest BCUT2D eigenvalue weighted by Gasteiger charge is 2.17. The number of carbonyl (C=O) groups excluding carboxylic acids is 2. The van der Waals surface area contributed by atoms with Crippen LogP contribution in [0.5, 0.6) is 5.75 Å². The van der Waals surface area contributed by atoms with Crippen LogP contribution in [-0.2, 0) is 4.79 Å². The number of nitrogens with one attached hydrogen (secondary N) is 2. The first-order valence-electron chi connectivity index (χ1n) is 10.8. The molecule has 1 aliphatic rings. The van der Waals surface area contributed by atoms with Crippen molar-refractivity contribution in [3.8, 4) is 5.75 Å². The second-order valence-electron chi connectivity index (χ2n) is 7.56. The molecule has 0 aliphatic carbocycles. The van der Waals surface area contributed by atoms with Crippen molar-refractivity contribution in [2.24, 2.45) is 0 Å². The fourth-order valence-corrected chi connectivity index (χ4v) is 3.46. The lowest BCUT2D eigenvalue weighted by Gasteiger charge is -2.20. The van der Waals surface area contributed by atoms with Gasteiger partial charge in [0.05, 0.1) is 13.2 Å². The van der Waals surface area contributed by atoms with Crippen molar-refractivity contribution < 1.29 is 14.3 Å². The van der Waals surface area contributed by atoms with Gasteiger partial charge in [0, 0.05) is 36.1 Å². The molecule has 0 unspecified atom stereocenters. The minimum absolute atomic E-state index is 0.0892. The van der Waals surface area contributed by atoms with Gasteiger partial charge >= 0.3 is 0 Å². The van der Waals surface area contributed by atoms with Crippen molar-refractivity contribution in [2.45, 2.75) is 39.0 Å². The van der Waals surface area contributed by atoms with E-state index in [1.165, 1.54) is 12.8 Å². The molecule has 3 rings (SSSR count). The summed E-state index contributed by atoms with van der Waals surface area (Å²) in [4.78, 5) is 26.9. The molecular formula is C24H31N3O3. The van der Waals surface area contributed by atoms with Gasteiger partial charge in [-0.3, -0.25) is 9.59 Å². The number of carbonyl (C=O) groups is 2. The van der Waals surface area contributed by atoms with Crippen LogP contribution in [0.25, 0.3) is 0 Å². The number of ether oxygens (including phenoxy) is 1. The molecular weight excluding hydrogens is 378 g/mol. The summed E-state index contributed by atoms with van der Waals surface area (Å²) in [5.74, 6) is 0.686. The van der Waals surface area contributed by atoms with E-state index in [4.69, 9.17) is 4.74 Å². The minimum Gasteiger partial charge on any atom is -0.494 e. The molecule has 0 spiro atoms. The van der Waals surface area contributed by atoms with E-state index in [1.54, 1.807) is 0 Å². The van der Waals surface area contributed by atoms with Crippen molar-refractivity contribution in [2.75, 3.05) is 36.9 Å². The van der Waals surface area contributed by atoms with Gasteiger partial charge in [0.1, 0.15) is 5.75 Å². The summed E-state index contributed by atoms with van der Waals surface area (Å²) in [6.45, 7) is 4.51. The van der Waals surface area contributed by atoms with Gasteiger partial charge in [-0.05, 0) is 55.7 Å². The Balaban J connectivity index is 1.48. The normalized spacial score (nSPS) is 14.0. The van der Waals surface area contributed by atoms with Crippen LogP contribution in [0, 0.1) is 0 Å². The van der Waals surface area contributed by atoms with E-state index in [1.807, 2.05) is 53.4 Å². The second-order valence-corrected chi connectivity index (χ2v) is 7.56. The monoisotopic (exact) mass is 409 g/mol. The van der Waals surface area contributed by atoms with Gasteiger partial charge in [-0.2, -0.15) is 0 Å². The van der Waals surface area contributed by atoms with Gasteiger partial charge in [0.25, 0.3) is 5.91 Å². The predicted molar refractivity (Wildman–Crippen MR) is 120 cm³/mol. The van der Waals surface area contributed by atoms with E-state index in [0.717, 1.165) is 43.8 Å². The molecule has 0 atom stereocenters. The van der Waals surface area contributed by atoms with Crippen LogP contribution in [0.3, 0.4) is 0 Å². The third-order valence-corrected chi connectivity index (χ3v) is 5.07. The standard InChI is InChI=1S/C24H31N3O3/c1-2-16-30-22-9-7-8-21(17-22)26-23(28)18-25-20-12-10-19(11-13-20)24(29)27-14-5-3-4-6-15-27/h7-13,17,25H,2-6,14-16,18H2,1H3,(H,26,28). The highest BCUT2D eigenvalue weighted by Crippen LogP contribution is 2.18. The largest absolute Gasteiger partial charge is 0.494 e. The average molecular weight is 410 g/mol. The molecule has 160 valence electrons. The number of benzene rings is 2. The number of likely N-dealkylation sites (tertiary alicyclic amines) is 1. The Morgan fingerprint density at radius 2 is 1.70 bits per heavy atom. The molecule has 0 bridgehead atoms. The van der Waals surface area contributed by atoms with Crippen molar-refractivity contribution in [1.29, 1.82) is 0 Å². The maximum Gasteiger partial charge on any atom is 0.253 e. The fraction of sp³-hybridized carbons (Fsp3) is 0.417. The van der Waals surface area contributed by atoms with Crippen molar-refractivity contribution >= 4 is 23.2 Å². The van der Waals surface area contributed by atoms with Gasteiger partial charge in [-0.1, -0.05) is 25.8 Å². The minimum atomic E-state index is -0.146. The summed E-state index contributed by atoms with van der Waals surface area (Å²) in [6.07, 6.45) is 5.49. The van der Waals surface area contributed by atoms with Crippen LogP contribution < -0.4 is 15.4 Å². The topological polar surface area (TPSA) is 70.7 Å². The Kier molecular flexibility index (Phi) is 8.12. The van der Waals surface area contributed by atoms with Gasteiger partial charge < -0.3 is 20.3 Å². The van der Waals surface area contributed by atoms with E-state index in [9.17, 15) is 9.59 Å². The molecule has 2 N–H and O–H groups in total. The lowest BCUT2D eigenvalue weighted by Crippen LogP contribution is -2.31. The number of nitrogens with zero attached hydrogens (tertiary/aromatic N) is 1. The summed E-state index contributed by atoms with van der Waals surface area (Å²) >= 11 is 0. The molecule has 2 amide bonds. The van der Waals surface area contributed by atoms with E-state index in [2.05, 4.69) is 17.6 Å². The van der Waals surface area contributed by atoms with Crippen LogP contribution in [0.1, 0.15) is 49.4 Å². The van der Waals surface area contributed by atoms with Gasteiger partial charge in [-0.15, -0.1) is 0 Å². The summed E-state index contributed by atoms with van der Waals surface area (Å²) in [6, 6.07) is 14.7. The van der Waals surface area contributed by atoms with Crippen molar-refractivity contribution in [3.63, 3.8) is 0 Å². The molecule has 2 aromatic carbocycles. The summed E-state index contributed by atoms with van der Waals surface area (Å²) < 4.78 is 5.59. The highest BCUT2D eigenvalue weighted by molar-refractivity contribution is 5.95. The molecule has 6 heteroatoms. The van der Waals surface area contributed by atoms with E-state index in [-0.39, 0.29) is 18.4 Å². The van der Waals surface area contributed by atoms with Gasteiger partial charge in [0.2, 0.25) is 5.91 Å². The molecule has 0 aromatic heterocycles. The second kappa shape index (κ2) is 11.2. The highest BCUT2D eigenvalue weighted by atomic mass is 16.5. The van der Waals surface area contributed by atoms with Crippen LogP contribution >= 0.6 is 0 Å². The van der Waals surface area contributed by atoms with Crippen molar-refractivity contribution in [1.82, 2.24) is 4.90 Å². The quantitative estimate of drug-likeness (QED) is 0.671. The SMILES string of the molecule is CCCOc1cccc(NC(=O)CNc2ccc(C(=O)N3CCCCCC3)cc2)c1. The molecule has 1 saturated heterocycles. The number of hydrogen-bond donors (Lipinski definition) is 2. The Labute approximate surface area is 178 Å². The van der Waals surface area contributed by atoms with E-state index < -0.39 is 0 Å². The van der Waals surface area contributed by atoms with Crippen LogP contribution in [0.15, 0.2) is 48.5 Å². The number of anilines is 2. The summed E-state index contributed by atoms with van der Waals surface area (Å²) in [7, 11) is 0. The molecule has 1 aliphatic heterocycles. The van der Waals surface area contributed by atoms with E-state index >= 15 is 0 Å². The average Bonchev–Trinajstić information content (AvgIpc) is 3.06. The molecule has 1 heterocycles. The summed E-state index contributed by atoms with van der Waals surface area (Å²) in [5, 5.41) is 5.97. The number of amides is 2. The first kappa shape index (κ1) is 21.7. The molecule has 0 radical (unpaired) electrons. The molecule has 0 saturated carbocycles. The Bertz CT molecular complexity index is 828. The van der Waals surface area contributed by atoms with Gasteiger partial charge in [-0.25, -0.2) is 0 Å². The lowest BCUT2D eigenvalue weighted by atomic mass is 10.1. The lowest BCUT2D eigenvalue weighted by molar-refractivity contribution is -0.114. The summed E-state index contributed by atoms with van der Waals surface area (Å²) in [5.41, 5.74) is 2.20. The molecule has 2 aromatic rings. The zero-order chi connectivity index (χ0) is 21.2. The van der Waals surface area contributed by atoms with Crippen LogP contribution in [0.2, 0.25) is 0 Å². The van der Waals surface area contributed by atoms with Gasteiger partial charge in [0.15, 0.2) is 0 Å². The zero-order valence-corrected chi connectivity index (χ0v) is 17.7. The molecule has 30 heavy (non-hydrogen) atoms. The van der Waals surface area contributed by atoms with Crippen molar-refractivity contribution in [3.05, 3.63) is 54.1 Å². The van der Waals surface area contributed by atoms with Crippen LogP contribution in [-0.4, -0.2) is 43.0 Å². The molecule has 6 nitrogen and oxygen atoms in total. The predicted octanol–water partition coefficient (Wildman–Crippen LogP) is 4.54. The number of hydrogen-bond acceptors (Lipinski definition) is 4. The first-order valence-corrected chi connectivity index (χ1v) is 10.8. The Hall–Kier alpha value is -3.02. The fourth-order valence-electron chi connectivity index (χ4n) is 3.46. The third-order valence-electron chi connectivity index (χ3n) is 5.07. The van der Waals surface area contributed by atoms with E-state index in [0.29, 0.717) is 17.9 Å². The number of rotatable bonds is 8.